The number of hydrogen-bond acceptors (Lipinski definition) is 2. The van der Waals surface area contributed by atoms with Crippen LogP contribution in [0.1, 0.15) is 0 Å². The lowest BCUT2D eigenvalue weighted by atomic mass is 10.7. The zero-order chi connectivity index (χ0) is 6.69. The second-order valence-electron chi connectivity index (χ2n) is 1.56. The first-order valence-corrected chi connectivity index (χ1v) is 2.82. The standard InChI is InChI=1S/C5H5ClN2O.ClH/c6-5(9)4-8-3-1-2-7-8;/h1-3H,4H2;1H. The minimum atomic E-state index is -0.404. The molecular formula is C5H6Cl2N2O. The highest BCUT2D eigenvalue weighted by atomic mass is 35.5. The Bertz CT molecular complexity index is 197. The van der Waals surface area contributed by atoms with Crippen molar-refractivity contribution in [3.63, 3.8) is 0 Å². The average Bonchev–Trinajstić information content (AvgIpc) is 2.15. The van der Waals surface area contributed by atoms with Gasteiger partial charge in [0.1, 0.15) is 6.54 Å². The molecule has 0 N–H and O–H groups in total. The molecule has 0 bridgehead atoms. The fraction of sp³-hybridized carbons (Fsp3) is 0.200. The number of carbonyl (C=O) groups excluding carboxylic acids is 1. The lowest BCUT2D eigenvalue weighted by Gasteiger charge is -1.91. The zero-order valence-corrected chi connectivity index (χ0v) is 6.60. The van der Waals surface area contributed by atoms with Crippen molar-refractivity contribution < 1.29 is 4.79 Å². The first-order valence-electron chi connectivity index (χ1n) is 2.45. The highest BCUT2D eigenvalue weighted by Gasteiger charge is 1.95. The minimum absolute atomic E-state index is 0. The summed E-state index contributed by atoms with van der Waals surface area (Å²) in [6.07, 6.45) is 3.28. The molecule has 5 heteroatoms. The highest BCUT2D eigenvalue weighted by Crippen LogP contribution is 1.87. The van der Waals surface area contributed by atoms with Gasteiger partial charge < -0.3 is 0 Å². The van der Waals surface area contributed by atoms with E-state index in [2.05, 4.69) is 5.10 Å². The van der Waals surface area contributed by atoms with Gasteiger partial charge in [-0.1, -0.05) is 0 Å². The molecule has 1 aromatic rings. The maximum Gasteiger partial charge on any atom is 0.243 e. The van der Waals surface area contributed by atoms with Gasteiger partial charge in [-0.3, -0.25) is 9.48 Å². The highest BCUT2D eigenvalue weighted by molar-refractivity contribution is 6.63. The average molecular weight is 181 g/mol. The summed E-state index contributed by atoms with van der Waals surface area (Å²) < 4.78 is 1.47. The maximum atomic E-state index is 10.2. The first-order chi connectivity index (χ1) is 4.29. The minimum Gasteiger partial charge on any atom is -0.279 e. The molecule has 1 heterocycles. The van der Waals surface area contributed by atoms with E-state index in [-0.39, 0.29) is 19.0 Å². The van der Waals surface area contributed by atoms with Gasteiger partial charge in [0.05, 0.1) is 0 Å². The predicted molar refractivity (Wildman–Crippen MR) is 40.3 cm³/mol. The topological polar surface area (TPSA) is 34.9 Å². The Hall–Kier alpha value is -0.540. The molecule has 3 nitrogen and oxygen atoms in total. The van der Waals surface area contributed by atoms with Crippen molar-refractivity contribution in [2.45, 2.75) is 6.54 Å². The van der Waals surface area contributed by atoms with Gasteiger partial charge in [0, 0.05) is 12.4 Å². The van der Waals surface area contributed by atoms with E-state index in [1.165, 1.54) is 4.68 Å². The molecule has 0 atom stereocenters. The van der Waals surface area contributed by atoms with Crippen LogP contribution in [0.15, 0.2) is 18.5 Å². The van der Waals surface area contributed by atoms with Gasteiger partial charge in [0.15, 0.2) is 0 Å². The van der Waals surface area contributed by atoms with Crippen molar-refractivity contribution in [2.75, 3.05) is 0 Å². The molecule has 0 aliphatic heterocycles. The summed E-state index contributed by atoms with van der Waals surface area (Å²) in [5.74, 6) is 0. The Morgan fingerprint density at radius 2 is 2.40 bits per heavy atom. The maximum absolute atomic E-state index is 10.2. The fourth-order valence-corrected chi connectivity index (χ4v) is 0.644. The van der Waals surface area contributed by atoms with Crippen molar-refractivity contribution in [3.05, 3.63) is 18.5 Å². The smallest absolute Gasteiger partial charge is 0.243 e. The van der Waals surface area contributed by atoms with Gasteiger partial charge in [-0.15, -0.1) is 12.4 Å². The molecule has 0 radical (unpaired) electrons. The third-order valence-corrected chi connectivity index (χ3v) is 0.965. The number of rotatable bonds is 2. The van der Waals surface area contributed by atoms with E-state index in [0.29, 0.717) is 0 Å². The monoisotopic (exact) mass is 180 g/mol. The normalized spacial score (nSPS) is 8.50. The third kappa shape index (κ3) is 2.85. The molecule has 0 aliphatic rings. The van der Waals surface area contributed by atoms with Gasteiger partial charge in [-0.05, 0) is 17.7 Å². The molecule has 1 rings (SSSR count). The van der Waals surface area contributed by atoms with Crippen LogP contribution < -0.4 is 0 Å². The van der Waals surface area contributed by atoms with Crippen LogP contribution in [-0.4, -0.2) is 15.0 Å². The SMILES string of the molecule is Cl.O=C(Cl)Cn1cccn1. The summed E-state index contributed by atoms with van der Waals surface area (Å²) in [6, 6.07) is 1.74. The molecule has 0 fully saturated rings. The Morgan fingerprint density at radius 1 is 1.70 bits per heavy atom. The Balaban J connectivity index is 0.000000810. The lowest BCUT2D eigenvalue weighted by Crippen LogP contribution is -2.03. The second-order valence-corrected chi connectivity index (χ2v) is 1.98. The number of nitrogens with zero attached hydrogens (tertiary/aromatic N) is 2. The van der Waals surface area contributed by atoms with Crippen molar-refractivity contribution >= 4 is 29.3 Å². The molecule has 0 amide bonds. The Morgan fingerprint density at radius 3 is 2.80 bits per heavy atom. The predicted octanol–water partition coefficient (Wildman–Crippen LogP) is 1.07. The van der Waals surface area contributed by atoms with Crippen LogP contribution >= 0.6 is 24.0 Å². The lowest BCUT2D eigenvalue weighted by molar-refractivity contribution is -0.112. The van der Waals surface area contributed by atoms with Gasteiger partial charge in [-0.2, -0.15) is 5.10 Å². The van der Waals surface area contributed by atoms with Crippen LogP contribution in [0.3, 0.4) is 0 Å². The molecular weight excluding hydrogens is 175 g/mol. The third-order valence-electron chi connectivity index (χ3n) is 0.846. The van der Waals surface area contributed by atoms with Crippen LogP contribution in [0.4, 0.5) is 0 Å². The molecule has 56 valence electrons. The van der Waals surface area contributed by atoms with Gasteiger partial charge in [-0.25, -0.2) is 0 Å². The van der Waals surface area contributed by atoms with Crippen molar-refractivity contribution in [2.24, 2.45) is 0 Å². The largest absolute Gasteiger partial charge is 0.279 e. The van der Waals surface area contributed by atoms with Gasteiger partial charge >= 0.3 is 0 Å². The molecule has 10 heavy (non-hydrogen) atoms. The van der Waals surface area contributed by atoms with Crippen molar-refractivity contribution in [1.29, 1.82) is 0 Å². The van der Waals surface area contributed by atoms with Crippen LogP contribution in [0.25, 0.3) is 0 Å². The zero-order valence-electron chi connectivity index (χ0n) is 5.03. The van der Waals surface area contributed by atoms with Gasteiger partial charge in [0.25, 0.3) is 0 Å². The van der Waals surface area contributed by atoms with E-state index >= 15 is 0 Å². The van der Waals surface area contributed by atoms with Crippen LogP contribution in [-0.2, 0) is 11.3 Å². The summed E-state index contributed by atoms with van der Waals surface area (Å²) in [6.45, 7) is 0.147. The van der Waals surface area contributed by atoms with Crippen molar-refractivity contribution in [1.82, 2.24) is 9.78 Å². The second kappa shape index (κ2) is 4.30. The summed E-state index contributed by atoms with van der Waals surface area (Å²) >= 11 is 5.07. The molecule has 0 aliphatic carbocycles. The number of hydrogen-bond donors (Lipinski definition) is 0. The van der Waals surface area contributed by atoms with E-state index in [0.717, 1.165) is 0 Å². The van der Waals surface area contributed by atoms with E-state index < -0.39 is 5.24 Å². The van der Waals surface area contributed by atoms with Crippen molar-refractivity contribution in [3.8, 4) is 0 Å². The summed E-state index contributed by atoms with van der Waals surface area (Å²) in [4.78, 5) is 10.2. The van der Waals surface area contributed by atoms with E-state index in [1.54, 1.807) is 18.5 Å². The molecule has 0 spiro atoms. The molecule has 0 saturated carbocycles. The summed E-state index contributed by atoms with van der Waals surface area (Å²) in [7, 11) is 0. The van der Waals surface area contributed by atoms with Crippen LogP contribution in [0.5, 0.6) is 0 Å². The quantitative estimate of drug-likeness (QED) is 0.639. The van der Waals surface area contributed by atoms with Crippen LogP contribution in [0, 0.1) is 0 Å². The first kappa shape index (κ1) is 9.46. The van der Waals surface area contributed by atoms with E-state index in [4.69, 9.17) is 11.6 Å². The number of carbonyl (C=O) groups is 1. The number of aromatic nitrogens is 2. The summed E-state index contributed by atoms with van der Waals surface area (Å²) in [5, 5.41) is 3.36. The summed E-state index contributed by atoms with van der Waals surface area (Å²) in [5.41, 5.74) is 0. The molecule has 0 saturated heterocycles. The molecule has 0 aromatic carbocycles. The molecule has 1 aromatic heterocycles. The van der Waals surface area contributed by atoms with E-state index in [9.17, 15) is 4.79 Å². The fourth-order valence-electron chi connectivity index (χ4n) is 0.521. The number of halogens is 2. The molecule has 0 unspecified atom stereocenters. The van der Waals surface area contributed by atoms with Gasteiger partial charge in [0.2, 0.25) is 5.24 Å². The Labute approximate surface area is 69.4 Å². The van der Waals surface area contributed by atoms with Crippen LogP contribution in [0.2, 0.25) is 0 Å². The van der Waals surface area contributed by atoms with E-state index in [1.807, 2.05) is 0 Å². The Kier molecular flexibility index (Phi) is 4.07.